The summed E-state index contributed by atoms with van der Waals surface area (Å²) in [6.07, 6.45) is 14.8. The number of hydrogen-bond acceptors (Lipinski definition) is 4. The summed E-state index contributed by atoms with van der Waals surface area (Å²) in [6, 6.07) is 4.42. The largest absolute Gasteiger partial charge is 0.524 e. The Balaban J connectivity index is 1.97. The molecule has 1 aliphatic rings. The van der Waals surface area contributed by atoms with Crippen molar-refractivity contribution < 1.29 is 33.6 Å². The van der Waals surface area contributed by atoms with Crippen LogP contribution in [-0.4, -0.2) is 32.8 Å². The maximum Gasteiger partial charge on any atom is 0.524 e. The van der Waals surface area contributed by atoms with Crippen LogP contribution < -0.4 is 9.84 Å². The van der Waals surface area contributed by atoms with E-state index in [1.54, 1.807) is 13.0 Å². The second-order valence-corrected chi connectivity index (χ2v) is 11.4. The van der Waals surface area contributed by atoms with E-state index in [2.05, 4.69) is 42.8 Å². The van der Waals surface area contributed by atoms with E-state index in [4.69, 9.17) is 9.79 Å². The second kappa shape index (κ2) is 13.6. The van der Waals surface area contributed by atoms with E-state index < -0.39 is 25.7 Å². The summed E-state index contributed by atoms with van der Waals surface area (Å²) >= 11 is 0. The van der Waals surface area contributed by atoms with Crippen LogP contribution in [0.1, 0.15) is 59.4 Å². The van der Waals surface area contributed by atoms with Crippen LogP contribution >= 0.6 is 7.82 Å². The third kappa shape index (κ3) is 10.7. The second-order valence-electron chi connectivity index (χ2n) is 10.3. The fourth-order valence-corrected chi connectivity index (χ4v) is 4.76. The maximum absolute atomic E-state index is 12.4. The Morgan fingerprint density at radius 1 is 1.13 bits per heavy atom. The molecule has 0 bridgehead atoms. The molecule has 38 heavy (non-hydrogen) atoms. The number of rotatable bonds is 11. The normalized spacial score (nSPS) is 17.7. The number of phosphoric acid groups is 1. The molecule has 0 unspecified atom stereocenters. The zero-order chi connectivity index (χ0) is 28.5. The molecule has 9 heteroatoms. The van der Waals surface area contributed by atoms with Crippen LogP contribution in [-0.2, 0) is 20.6 Å². The SMILES string of the molecule is CC(C=CC1=C(C)CCCC1(C)C)=CC=CC(C)=CC(=O)N[C@@H](Cc1ccc(OP(=O)(O)O)cc1)C(=O)O. The van der Waals surface area contributed by atoms with Crippen molar-refractivity contribution in [1.82, 2.24) is 5.32 Å². The summed E-state index contributed by atoms with van der Waals surface area (Å²) < 4.78 is 15.4. The van der Waals surface area contributed by atoms with E-state index in [-0.39, 0.29) is 17.6 Å². The first-order valence-electron chi connectivity index (χ1n) is 12.5. The molecule has 0 spiro atoms. The van der Waals surface area contributed by atoms with Gasteiger partial charge in [0.25, 0.3) is 0 Å². The van der Waals surface area contributed by atoms with Crippen molar-refractivity contribution in [3.63, 3.8) is 0 Å². The quantitative estimate of drug-likeness (QED) is 0.157. The molecule has 2 rings (SSSR count). The third-order valence-corrected chi connectivity index (χ3v) is 6.78. The van der Waals surface area contributed by atoms with E-state index in [1.807, 2.05) is 19.1 Å². The van der Waals surface area contributed by atoms with Crippen molar-refractivity contribution in [1.29, 1.82) is 0 Å². The van der Waals surface area contributed by atoms with Crippen molar-refractivity contribution in [2.75, 3.05) is 0 Å². The van der Waals surface area contributed by atoms with Gasteiger partial charge in [-0.1, -0.05) is 67.5 Å². The van der Waals surface area contributed by atoms with Crippen LogP contribution in [0.15, 0.2) is 83.0 Å². The minimum absolute atomic E-state index is 0.0129. The minimum atomic E-state index is -4.68. The molecule has 0 aliphatic heterocycles. The third-order valence-electron chi connectivity index (χ3n) is 6.33. The molecule has 0 aromatic heterocycles. The summed E-state index contributed by atoms with van der Waals surface area (Å²) in [5.74, 6) is -1.79. The van der Waals surface area contributed by atoms with Gasteiger partial charge >= 0.3 is 13.8 Å². The Labute approximate surface area is 224 Å². The molecular formula is C29H38NO7P. The summed E-state index contributed by atoms with van der Waals surface area (Å²) in [6.45, 7) is 10.5. The number of nitrogens with one attached hydrogen (secondary N) is 1. The highest BCUT2D eigenvalue weighted by atomic mass is 31.2. The Morgan fingerprint density at radius 3 is 2.37 bits per heavy atom. The Kier molecular flexibility index (Phi) is 11.1. The van der Waals surface area contributed by atoms with Crippen LogP contribution in [0.4, 0.5) is 0 Å². The predicted octanol–water partition coefficient (Wildman–Crippen LogP) is 5.80. The molecular weight excluding hydrogens is 505 g/mol. The van der Waals surface area contributed by atoms with Gasteiger partial charge in [-0.2, -0.15) is 0 Å². The zero-order valence-corrected chi connectivity index (χ0v) is 23.5. The summed E-state index contributed by atoms with van der Waals surface area (Å²) in [5, 5.41) is 12.0. The van der Waals surface area contributed by atoms with Gasteiger partial charge in [-0.3, -0.25) is 14.6 Å². The Hall–Kier alpha value is -3.19. The van der Waals surface area contributed by atoms with Crippen LogP contribution in [0.3, 0.4) is 0 Å². The van der Waals surface area contributed by atoms with Gasteiger partial charge in [-0.05, 0) is 74.3 Å². The standard InChI is InChI=1S/C29H38NO7P/c1-20(11-16-25-22(3)10-7-17-29(25,4)5)8-6-9-21(2)18-27(31)30-26(28(32)33)19-23-12-14-24(15-13-23)37-38(34,35)36/h6,8-9,11-16,18,26H,7,10,17,19H2,1-5H3,(H,30,31)(H,32,33)(H2,34,35,36)/t26-/m0/s1. The zero-order valence-electron chi connectivity index (χ0n) is 22.6. The number of hydrogen-bond donors (Lipinski definition) is 4. The average molecular weight is 544 g/mol. The van der Waals surface area contributed by atoms with Crippen LogP contribution in [0.25, 0.3) is 0 Å². The van der Waals surface area contributed by atoms with Gasteiger partial charge in [-0.25, -0.2) is 9.36 Å². The maximum atomic E-state index is 12.4. The smallest absolute Gasteiger partial charge is 0.480 e. The van der Waals surface area contributed by atoms with E-state index in [9.17, 15) is 19.3 Å². The van der Waals surface area contributed by atoms with Gasteiger partial charge in [0.05, 0.1) is 0 Å². The lowest BCUT2D eigenvalue weighted by atomic mass is 9.72. The van der Waals surface area contributed by atoms with E-state index in [0.717, 1.165) is 12.0 Å². The summed E-state index contributed by atoms with van der Waals surface area (Å²) in [5.41, 5.74) is 5.29. The average Bonchev–Trinajstić information content (AvgIpc) is 2.78. The van der Waals surface area contributed by atoms with Crippen LogP contribution in [0.2, 0.25) is 0 Å². The van der Waals surface area contributed by atoms with Crippen molar-refractivity contribution >= 4 is 19.7 Å². The summed E-state index contributed by atoms with van der Waals surface area (Å²) in [7, 11) is -4.68. The number of allylic oxidation sites excluding steroid dienone is 9. The number of phosphoric ester groups is 1. The molecule has 0 saturated heterocycles. The molecule has 1 atom stereocenters. The van der Waals surface area contributed by atoms with Crippen LogP contribution in [0.5, 0.6) is 5.75 Å². The number of benzene rings is 1. The monoisotopic (exact) mass is 543 g/mol. The van der Waals surface area contributed by atoms with Gasteiger partial charge in [0.2, 0.25) is 5.91 Å². The first kappa shape index (κ1) is 31.0. The molecule has 1 aliphatic carbocycles. The number of carbonyl (C=O) groups excluding carboxylic acids is 1. The van der Waals surface area contributed by atoms with Gasteiger partial charge in [0.1, 0.15) is 11.8 Å². The van der Waals surface area contributed by atoms with Crippen molar-refractivity contribution in [2.24, 2.45) is 5.41 Å². The molecule has 1 aromatic rings. The molecule has 0 heterocycles. The lowest BCUT2D eigenvalue weighted by molar-refractivity contribution is -0.141. The van der Waals surface area contributed by atoms with Crippen LogP contribution in [0, 0.1) is 5.41 Å². The van der Waals surface area contributed by atoms with Crippen molar-refractivity contribution in [2.45, 2.75) is 66.3 Å². The Bertz CT molecular complexity index is 1210. The molecule has 8 nitrogen and oxygen atoms in total. The molecule has 0 radical (unpaired) electrons. The molecule has 0 saturated carbocycles. The Morgan fingerprint density at radius 2 is 1.79 bits per heavy atom. The van der Waals surface area contributed by atoms with E-state index >= 15 is 0 Å². The number of amides is 1. The van der Waals surface area contributed by atoms with E-state index in [0.29, 0.717) is 11.1 Å². The summed E-state index contributed by atoms with van der Waals surface area (Å²) in [4.78, 5) is 41.8. The lowest BCUT2D eigenvalue weighted by Crippen LogP contribution is -2.41. The van der Waals surface area contributed by atoms with Gasteiger partial charge in [-0.15, -0.1) is 0 Å². The highest BCUT2D eigenvalue weighted by molar-refractivity contribution is 7.46. The molecule has 1 aromatic carbocycles. The minimum Gasteiger partial charge on any atom is -0.480 e. The first-order valence-corrected chi connectivity index (χ1v) is 14.0. The van der Waals surface area contributed by atoms with Gasteiger partial charge in [0, 0.05) is 12.5 Å². The number of carboxylic acid groups (broad SMARTS) is 1. The molecule has 1 amide bonds. The predicted molar refractivity (Wildman–Crippen MR) is 149 cm³/mol. The molecule has 206 valence electrons. The highest BCUT2D eigenvalue weighted by Gasteiger charge is 2.26. The lowest BCUT2D eigenvalue weighted by Gasteiger charge is -2.32. The molecule has 4 N–H and O–H groups in total. The number of carboxylic acids is 1. The number of aliphatic carboxylic acids is 1. The highest BCUT2D eigenvalue weighted by Crippen LogP contribution is 2.41. The van der Waals surface area contributed by atoms with E-state index in [1.165, 1.54) is 54.3 Å². The van der Waals surface area contributed by atoms with Gasteiger partial charge in [0.15, 0.2) is 0 Å². The molecule has 0 fully saturated rings. The fraction of sp³-hybridized carbons (Fsp3) is 0.379. The van der Waals surface area contributed by atoms with Gasteiger partial charge < -0.3 is 14.9 Å². The number of carbonyl (C=O) groups is 2. The fourth-order valence-electron chi connectivity index (χ4n) is 4.36. The van der Waals surface area contributed by atoms with Crippen molar-refractivity contribution in [3.8, 4) is 5.75 Å². The first-order chi connectivity index (χ1) is 17.7. The van der Waals surface area contributed by atoms with Crippen molar-refractivity contribution in [3.05, 3.63) is 88.6 Å². The topological polar surface area (TPSA) is 133 Å².